The van der Waals surface area contributed by atoms with Crippen molar-refractivity contribution in [2.75, 3.05) is 11.1 Å². The van der Waals surface area contributed by atoms with Crippen LogP contribution in [0.5, 0.6) is 0 Å². The molecule has 0 saturated heterocycles. The van der Waals surface area contributed by atoms with Gasteiger partial charge >= 0.3 is 0 Å². The van der Waals surface area contributed by atoms with Crippen molar-refractivity contribution in [3.8, 4) is 11.3 Å². The number of aromatic nitrogens is 2. The van der Waals surface area contributed by atoms with E-state index in [9.17, 15) is 4.79 Å². The fourth-order valence-corrected chi connectivity index (χ4v) is 2.02. The van der Waals surface area contributed by atoms with Gasteiger partial charge in [0.25, 0.3) is 0 Å². The monoisotopic (exact) mass is 228 g/mol. The largest absolute Gasteiger partial charge is 0.382 e. The van der Waals surface area contributed by atoms with Gasteiger partial charge in [0.15, 0.2) is 0 Å². The van der Waals surface area contributed by atoms with E-state index in [2.05, 4.69) is 15.5 Å². The SMILES string of the molecule is Nc1cc(-c2ccc3c(c2)NC(=O)CC3)[nH]n1. The number of benzene rings is 1. The molecule has 5 nitrogen and oxygen atoms in total. The highest BCUT2D eigenvalue weighted by Crippen LogP contribution is 2.28. The predicted octanol–water partition coefficient (Wildman–Crippen LogP) is 1.54. The quantitative estimate of drug-likeness (QED) is 0.692. The van der Waals surface area contributed by atoms with Crippen LogP contribution in [0.3, 0.4) is 0 Å². The van der Waals surface area contributed by atoms with Crippen LogP contribution in [0.15, 0.2) is 24.3 Å². The summed E-state index contributed by atoms with van der Waals surface area (Å²) in [5.41, 5.74) is 9.43. The molecule has 2 heterocycles. The summed E-state index contributed by atoms with van der Waals surface area (Å²) in [6.07, 6.45) is 1.36. The molecule has 1 aliphatic rings. The number of amides is 1. The number of carbonyl (C=O) groups is 1. The molecule has 5 heteroatoms. The number of anilines is 2. The Kier molecular flexibility index (Phi) is 2.11. The number of nitrogens with two attached hydrogens (primary N) is 1. The zero-order valence-electron chi connectivity index (χ0n) is 9.16. The maximum atomic E-state index is 11.3. The van der Waals surface area contributed by atoms with E-state index in [4.69, 9.17) is 5.73 Å². The van der Waals surface area contributed by atoms with Gasteiger partial charge in [0, 0.05) is 23.7 Å². The Morgan fingerprint density at radius 3 is 2.88 bits per heavy atom. The number of fused-ring (bicyclic) bond motifs is 1. The lowest BCUT2D eigenvalue weighted by Gasteiger charge is -2.17. The van der Waals surface area contributed by atoms with E-state index in [1.54, 1.807) is 6.07 Å². The van der Waals surface area contributed by atoms with Crippen LogP contribution in [-0.4, -0.2) is 16.1 Å². The zero-order chi connectivity index (χ0) is 11.8. The number of carbonyl (C=O) groups excluding carboxylic acids is 1. The number of rotatable bonds is 1. The first-order chi connectivity index (χ1) is 8.22. The van der Waals surface area contributed by atoms with Gasteiger partial charge in [-0.1, -0.05) is 12.1 Å². The van der Waals surface area contributed by atoms with Crippen molar-refractivity contribution in [3.63, 3.8) is 0 Å². The summed E-state index contributed by atoms with van der Waals surface area (Å²) in [5.74, 6) is 0.528. The molecule has 0 spiro atoms. The smallest absolute Gasteiger partial charge is 0.224 e. The Hall–Kier alpha value is -2.30. The number of nitrogens with one attached hydrogen (secondary N) is 2. The lowest BCUT2D eigenvalue weighted by molar-refractivity contribution is -0.116. The molecular formula is C12H12N4O. The van der Waals surface area contributed by atoms with Gasteiger partial charge in [-0.3, -0.25) is 9.89 Å². The summed E-state index contributed by atoms with van der Waals surface area (Å²) < 4.78 is 0. The molecule has 0 radical (unpaired) electrons. The molecule has 1 aromatic carbocycles. The third kappa shape index (κ3) is 1.75. The van der Waals surface area contributed by atoms with Crippen molar-refractivity contribution in [2.24, 2.45) is 0 Å². The Labute approximate surface area is 98.0 Å². The van der Waals surface area contributed by atoms with Crippen LogP contribution in [0.1, 0.15) is 12.0 Å². The van der Waals surface area contributed by atoms with Gasteiger partial charge in [-0.05, 0) is 18.1 Å². The molecule has 0 aliphatic carbocycles. The van der Waals surface area contributed by atoms with E-state index in [0.29, 0.717) is 12.2 Å². The van der Waals surface area contributed by atoms with Gasteiger partial charge in [0.1, 0.15) is 5.82 Å². The number of H-pyrrole nitrogens is 1. The molecular weight excluding hydrogens is 216 g/mol. The maximum absolute atomic E-state index is 11.3. The lowest BCUT2D eigenvalue weighted by Crippen LogP contribution is -2.18. The lowest BCUT2D eigenvalue weighted by atomic mass is 10.00. The topological polar surface area (TPSA) is 83.8 Å². The van der Waals surface area contributed by atoms with Crippen molar-refractivity contribution >= 4 is 17.4 Å². The van der Waals surface area contributed by atoms with Crippen LogP contribution in [0, 0.1) is 0 Å². The molecule has 1 amide bonds. The Morgan fingerprint density at radius 1 is 1.24 bits per heavy atom. The molecule has 0 unspecified atom stereocenters. The molecule has 4 N–H and O–H groups in total. The number of aromatic amines is 1. The highest BCUT2D eigenvalue weighted by atomic mass is 16.1. The van der Waals surface area contributed by atoms with Crippen molar-refractivity contribution in [1.82, 2.24) is 10.2 Å². The predicted molar refractivity (Wildman–Crippen MR) is 65.4 cm³/mol. The van der Waals surface area contributed by atoms with E-state index in [1.807, 2.05) is 18.2 Å². The molecule has 0 bridgehead atoms. The van der Waals surface area contributed by atoms with E-state index in [0.717, 1.165) is 23.4 Å². The molecule has 0 saturated carbocycles. The minimum Gasteiger partial charge on any atom is -0.382 e. The highest BCUT2D eigenvalue weighted by molar-refractivity contribution is 5.94. The molecule has 86 valence electrons. The fraction of sp³-hybridized carbons (Fsp3) is 0.167. The second-order valence-corrected chi connectivity index (χ2v) is 4.13. The highest BCUT2D eigenvalue weighted by Gasteiger charge is 2.15. The summed E-state index contributed by atoms with van der Waals surface area (Å²) in [6, 6.07) is 7.75. The van der Waals surface area contributed by atoms with Crippen LogP contribution in [0.2, 0.25) is 0 Å². The summed E-state index contributed by atoms with van der Waals surface area (Å²) in [4.78, 5) is 11.3. The number of nitrogens with zero attached hydrogens (tertiary/aromatic N) is 1. The summed E-state index contributed by atoms with van der Waals surface area (Å²) >= 11 is 0. The van der Waals surface area contributed by atoms with E-state index < -0.39 is 0 Å². The second kappa shape index (κ2) is 3.62. The molecule has 2 aromatic rings. The molecule has 1 aromatic heterocycles. The maximum Gasteiger partial charge on any atom is 0.224 e. The molecule has 3 rings (SSSR count). The Bertz CT molecular complexity index is 588. The summed E-state index contributed by atoms with van der Waals surface area (Å²) in [7, 11) is 0. The van der Waals surface area contributed by atoms with Crippen molar-refractivity contribution < 1.29 is 4.79 Å². The summed E-state index contributed by atoms with van der Waals surface area (Å²) in [5, 5.41) is 9.61. The number of aryl methyl sites for hydroxylation is 1. The van der Waals surface area contributed by atoms with Crippen molar-refractivity contribution in [2.45, 2.75) is 12.8 Å². The standard InChI is InChI=1S/C12H12N4O/c13-11-6-10(15-16-11)8-2-1-7-3-4-12(17)14-9(7)5-8/h1-2,5-6H,3-4H2,(H,14,17)(H3,13,15,16). The van der Waals surface area contributed by atoms with Crippen LogP contribution >= 0.6 is 0 Å². The van der Waals surface area contributed by atoms with Crippen LogP contribution in [0.4, 0.5) is 11.5 Å². The first-order valence-electron chi connectivity index (χ1n) is 5.46. The van der Waals surface area contributed by atoms with Crippen LogP contribution in [0.25, 0.3) is 11.3 Å². The second-order valence-electron chi connectivity index (χ2n) is 4.13. The van der Waals surface area contributed by atoms with Crippen LogP contribution < -0.4 is 11.1 Å². The minimum atomic E-state index is 0.0683. The first kappa shape index (κ1) is 9.89. The van der Waals surface area contributed by atoms with Gasteiger partial charge in [-0.25, -0.2) is 0 Å². The third-order valence-corrected chi connectivity index (χ3v) is 2.91. The Morgan fingerprint density at radius 2 is 2.12 bits per heavy atom. The van der Waals surface area contributed by atoms with Crippen molar-refractivity contribution in [3.05, 3.63) is 29.8 Å². The summed E-state index contributed by atoms with van der Waals surface area (Å²) in [6.45, 7) is 0. The molecule has 1 aliphatic heterocycles. The normalized spacial score (nSPS) is 14.2. The fourth-order valence-electron chi connectivity index (χ4n) is 2.02. The average Bonchev–Trinajstić information content (AvgIpc) is 2.75. The van der Waals surface area contributed by atoms with Gasteiger partial charge in [-0.15, -0.1) is 0 Å². The third-order valence-electron chi connectivity index (χ3n) is 2.91. The van der Waals surface area contributed by atoms with E-state index >= 15 is 0 Å². The number of hydrogen-bond donors (Lipinski definition) is 3. The minimum absolute atomic E-state index is 0.0683. The van der Waals surface area contributed by atoms with Gasteiger partial charge in [0.05, 0.1) is 5.69 Å². The molecule has 0 fully saturated rings. The van der Waals surface area contributed by atoms with Crippen molar-refractivity contribution in [1.29, 1.82) is 0 Å². The number of hydrogen-bond acceptors (Lipinski definition) is 3. The zero-order valence-corrected chi connectivity index (χ0v) is 9.16. The van der Waals surface area contributed by atoms with Gasteiger partial charge in [-0.2, -0.15) is 5.10 Å². The number of nitrogen functional groups attached to an aromatic ring is 1. The molecule has 0 atom stereocenters. The van der Waals surface area contributed by atoms with Gasteiger partial charge in [0.2, 0.25) is 5.91 Å². The molecule has 17 heavy (non-hydrogen) atoms. The van der Waals surface area contributed by atoms with Crippen LogP contribution in [-0.2, 0) is 11.2 Å². The first-order valence-corrected chi connectivity index (χ1v) is 5.46. The van der Waals surface area contributed by atoms with Gasteiger partial charge < -0.3 is 11.1 Å². The van der Waals surface area contributed by atoms with E-state index in [1.165, 1.54) is 5.56 Å². The Balaban J connectivity index is 2.03. The van der Waals surface area contributed by atoms with E-state index in [-0.39, 0.29) is 5.91 Å². The average molecular weight is 228 g/mol.